The molecule has 2 aromatic rings. The van der Waals surface area contributed by atoms with Gasteiger partial charge in [-0.3, -0.25) is 0 Å². The quantitative estimate of drug-likeness (QED) is 0.688. The van der Waals surface area contributed by atoms with E-state index in [-0.39, 0.29) is 0 Å². The van der Waals surface area contributed by atoms with Crippen LogP contribution in [0.4, 0.5) is 0 Å². The summed E-state index contributed by atoms with van der Waals surface area (Å²) in [6, 6.07) is 21.6. The van der Waals surface area contributed by atoms with Gasteiger partial charge >= 0.3 is 139 Å². The summed E-state index contributed by atoms with van der Waals surface area (Å²) in [6.07, 6.45) is 0. The fourth-order valence-electron chi connectivity index (χ4n) is 2.19. The van der Waals surface area contributed by atoms with Gasteiger partial charge in [-0.2, -0.15) is 0 Å². The van der Waals surface area contributed by atoms with Gasteiger partial charge in [0.15, 0.2) is 0 Å². The van der Waals surface area contributed by atoms with Crippen molar-refractivity contribution in [3.05, 3.63) is 71.2 Å². The first kappa shape index (κ1) is 15.1. The number of ether oxygens (including phenoxy) is 1. The molecule has 1 nitrogen and oxygen atoms in total. The Morgan fingerprint density at radius 1 is 0.952 bits per heavy atom. The molecule has 3 rings (SSSR count). The molecule has 3 heteroatoms. The second kappa shape index (κ2) is 7.98. The van der Waals surface area contributed by atoms with Crippen LogP contribution in [0, 0.1) is 5.92 Å². The first-order chi connectivity index (χ1) is 10.4. The van der Waals surface area contributed by atoms with Crippen LogP contribution < -0.4 is 8.92 Å². The average molecular weight is 408 g/mol. The Morgan fingerprint density at radius 2 is 1.62 bits per heavy atom. The number of hydrogen-bond acceptors (Lipinski definition) is 1. The van der Waals surface area contributed by atoms with E-state index >= 15 is 0 Å². The summed E-state index contributed by atoms with van der Waals surface area (Å²) >= 11 is 0.987. The standard InChI is InChI=1S/C18H18OSe2/c1-3-7-17(8-4-1)20-13-15-11-19-12-16(15)14-21-18-9-5-2-6-10-18/h1-10,13,16H,11-12,14H2/b15-13+. The summed E-state index contributed by atoms with van der Waals surface area (Å²) in [6.45, 7) is 1.75. The zero-order valence-corrected chi connectivity index (χ0v) is 15.2. The normalized spacial score (nSPS) is 20.0. The van der Waals surface area contributed by atoms with Crippen LogP contribution in [0.3, 0.4) is 0 Å². The molecule has 0 amide bonds. The Morgan fingerprint density at radius 3 is 2.33 bits per heavy atom. The van der Waals surface area contributed by atoms with Gasteiger partial charge in [-0.1, -0.05) is 0 Å². The maximum absolute atomic E-state index is 5.70. The molecule has 1 unspecified atom stereocenters. The molecule has 1 saturated heterocycles. The molecule has 1 heterocycles. The van der Waals surface area contributed by atoms with Gasteiger partial charge in [0.2, 0.25) is 0 Å². The SMILES string of the molecule is C(/[Se]c1ccccc1)=C1/COCC1C[Se]c1ccccc1. The van der Waals surface area contributed by atoms with Crippen molar-refractivity contribution in [2.45, 2.75) is 5.32 Å². The van der Waals surface area contributed by atoms with Crippen molar-refractivity contribution in [1.82, 2.24) is 0 Å². The van der Waals surface area contributed by atoms with Crippen LogP contribution in [0.25, 0.3) is 0 Å². The molecule has 1 fully saturated rings. The second-order valence-corrected chi connectivity index (χ2v) is 9.23. The zero-order valence-electron chi connectivity index (χ0n) is 11.8. The summed E-state index contributed by atoms with van der Waals surface area (Å²) in [4.78, 5) is 2.45. The summed E-state index contributed by atoms with van der Waals surface area (Å²) in [7, 11) is 0. The summed E-state index contributed by atoms with van der Waals surface area (Å²) in [5, 5.41) is 1.26. The second-order valence-electron chi connectivity index (χ2n) is 4.96. The fourth-order valence-corrected chi connectivity index (χ4v) is 6.21. The summed E-state index contributed by atoms with van der Waals surface area (Å²) in [5.74, 6) is 0.635. The van der Waals surface area contributed by atoms with Gasteiger partial charge in [0.1, 0.15) is 0 Å². The first-order valence-corrected chi connectivity index (χ1v) is 11.0. The molecule has 0 saturated carbocycles. The monoisotopic (exact) mass is 410 g/mol. The van der Waals surface area contributed by atoms with Crippen LogP contribution in [-0.4, -0.2) is 43.1 Å². The third-order valence-electron chi connectivity index (χ3n) is 3.40. The van der Waals surface area contributed by atoms with Crippen molar-refractivity contribution in [2.75, 3.05) is 13.2 Å². The van der Waals surface area contributed by atoms with Crippen molar-refractivity contribution in [3.63, 3.8) is 0 Å². The Labute approximate surface area is 139 Å². The van der Waals surface area contributed by atoms with Crippen LogP contribution >= 0.6 is 0 Å². The van der Waals surface area contributed by atoms with Crippen molar-refractivity contribution < 1.29 is 4.74 Å². The number of benzene rings is 2. The zero-order chi connectivity index (χ0) is 14.3. The molecule has 21 heavy (non-hydrogen) atoms. The predicted molar refractivity (Wildman–Crippen MR) is 90.9 cm³/mol. The molecular formula is C18H18OSe2. The first-order valence-electron chi connectivity index (χ1n) is 7.08. The molecule has 0 aliphatic carbocycles. The van der Waals surface area contributed by atoms with Crippen molar-refractivity contribution in [2.24, 2.45) is 5.92 Å². The molecule has 1 atom stereocenters. The Balaban J connectivity index is 1.57. The minimum atomic E-state index is 0.433. The van der Waals surface area contributed by atoms with Crippen LogP contribution in [0.15, 0.2) is 71.2 Å². The van der Waals surface area contributed by atoms with Gasteiger partial charge in [-0.05, 0) is 0 Å². The van der Waals surface area contributed by atoms with Crippen molar-refractivity contribution in [1.29, 1.82) is 0 Å². The van der Waals surface area contributed by atoms with Gasteiger partial charge in [-0.25, -0.2) is 0 Å². The van der Waals surface area contributed by atoms with E-state index in [4.69, 9.17) is 4.74 Å². The summed E-state index contributed by atoms with van der Waals surface area (Å²) in [5.41, 5.74) is 1.52. The van der Waals surface area contributed by atoms with Crippen molar-refractivity contribution >= 4 is 38.8 Å². The molecule has 0 spiro atoms. The molecule has 1 aliphatic rings. The third-order valence-corrected chi connectivity index (χ3v) is 7.88. The van der Waals surface area contributed by atoms with E-state index in [2.05, 4.69) is 65.6 Å². The van der Waals surface area contributed by atoms with Crippen LogP contribution in [0.5, 0.6) is 0 Å². The topological polar surface area (TPSA) is 9.23 Å². The average Bonchev–Trinajstić information content (AvgIpc) is 3.00. The Bertz CT molecular complexity index is 581. The van der Waals surface area contributed by atoms with Crippen LogP contribution in [0.1, 0.15) is 0 Å². The Hall–Kier alpha value is -0.821. The molecule has 108 valence electrons. The van der Waals surface area contributed by atoms with E-state index in [1.54, 1.807) is 0 Å². The number of hydrogen-bond donors (Lipinski definition) is 0. The minimum absolute atomic E-state index is 0.433. The van der Waals surface area contributed by atoms with E-state index in [0.717, 1.165) is 13.2 Å². The number of rotatable bonds is 5. The van der Waals surface area contributed by atoms with Gasteiger partial charge < -0.3 is 0 Å². The van der Waals surface area contributed by atoms with E-state index in [1.807, 2.05) is 0 Å². The van der Waals surface area contributed by atoms with Crippen molar-refractivity contribution in [3.8, 4) is 0 Å². The van der Waals surface area contributed by atoms with Crippen LogP contribution in [-0.2, 0) is 4.74 Å². The van der Waals surface area contributed by atoms with E-state index in [1.165, 1.54) is 19.8 Å². The molecule has 0 bridgehead atoms. The van der Waals surface area contributed by atoms with Gasteiger partial charge in [0.25, 0.3) is 0 Å². The van der Waals surface area contributed by atoms with Gasteiger partial charge in [0, 0.05) is 0 Å². The van der Waals surface area contributed by atoms with Gasteiger partial charge in [-0.15, -0.1) is 0 Å². The predicted octanol–water partition coefficient (Wildman–Crippen LogP) is 1.99. The fraction of sp³-hybridized carbons (Fsp3) is 0.222. The van der Waals surface area contributed by atoms with Gasteiger partial charge in [0.05, 0.1) is 0 Å². The maximum atomic E-state index is 5.70. The van der Waals surface area contributed by atoms with Crippen LogP contribution in [0.2, 0.25) is 5.32 Å². The molecule has 0 aromatic heterocycles. The molecule has 2 aromatic carbocycles. The Kier molecular flexibility index (Phi) is 5.74. The van der Waals surface area contributed by atoms with E-state index < -0.39 is 0 Å². The molecule has 1 aliphatic heterocycles. The summed E-state index contributed by atoms with van der Waals surface area (Å²) < 4.78 is 8.63. The third kappa shape index (κ3) is 4.57. The molecular weight excluding hydrogens is 390 g/mol. The molecule has 0 radical (unpaired) electrons. The molecule has 0 N–H and O–H groups in total. The van der Waals surface area contributed by atoms with E-state index in [9.17, 15) is 0 Å². The van der Waals surface area contributed by atoms with E-state index in [0.29, 0.717) is 35.8 Å².